The lowest BCUT2D eigenvalue weighted by Gasteiger charge is -2.44. The first kappa shape index (κ1) is 17.4. The Bertz CT molecular complexity index is 821. The fourth-order valence-corrected chi connectivity index (χ4v) is 5.56. The summed E-state index contributed by atoms with van der Waals surface area (Å²) in [6.45, 7) is 7.57. The monoisotopic (exact) mass is 385 g/mol. The molecule has 2 aromatic rings. The summed E-state index contributed by atoms with van der Waals surface area (Å²) in [7, 11) is 0. The zero-order chi connectivity index (χ0) is 18.2. The molecule has 1 aromatic carbocycles. The van der Waals surface area contributed by atoms with Gasteiger partial charge in [0.25, 0.3) is 5.91 Å². The van der Waals surface area contributed by atoms with Crippen LogP contribution in [0.1, 0.15) is 29.8 Å². The molecule has 144 valence electrons. The molecule has 1 aromatic heterocycles. The first-order valence-electron chi connectivity index (χ1n) is 10.2. The zero-order valence-corrected chi connectivity index (χ0v) is 16.4. The molecule has 2 N–H and O–H groups in total. The summed E-state index contributed by atoms with van der Waals surface area (Å²) in [6, 6.07) is 6.70. The number of aromatic nitrogens is 1. The zero-order valence-electron chi connectivity index (χ0n) is 15.6. The van der Waals surface area contributed by atoms with Gasteiger partial charge in [0, 0.05) is 43.3 Å². The van der Waals surface area contributed by atoms with Crippen molar-refractivity contribution in [2.75, 3.05) is 50.7 Å². The summed E-state index contributed by atoms with van der Waals surface area (Å²) in [5.41, 5.74) is 1.83. The molecule has 0 unspecified atom stereocenters. The smallest absolute Gasteiger partial charge is 0.271 e. The number of anilines is 1. The van der Waals surface area contributed by atoms with E-state index in [9.17, 15) is 4.79 Å². The number of amides is 1. The molecule has 1 atom stereocenters. The predicted octanol–water partition coefficient (Wildman–Crippen LogP) is 1.92. The van der Waals surface area contributed by atoms with Crippen molar-refractivity contribution in [3.8, 4) is 0 Å². The third kappa shape index (κ3) is 3.44. The van der Waals surface area contributed by atoms with Gasteiger partial charge in [-0.3, -0.25) is 4.79 Å². The fourth-order valence-electron chi connectivity index (χ4n) is 4.76. The normalized spacial score (nSPS) is 28.3. The molecule has 0 spiro atoms. The molecule has 0 saturated carbocycles. The van der Waals surface area contributed by atoms with Crippen molar-refractivity contribution in [2.45, 2.75) is 25.3 Å². The van der Waals surface area contributed by atoms with Gasteiger partial charge in [0.1, 0.15) is 5.69 Å². The summed E-state index contributed by atoms with van der Waals surface area (Å²) in [4.78, 5) is 17.8. The Balaban J connectivity index is 1.34. The van der Waals surface area contributed by atoms with Crippen molar-refractivity contribution in [1.29, 1.82) is 0 Å². The van der Waals surface area contributed by atoms with Crippen LogP contribution in [-0.2, 0) is 0 Å². The average Bonchev–Trinajstić information content (AvgIpc) is 2.94. The first-order chi connectivity index (χ1) is 13.3. The summed E-state index contributed by atoms with van der Waals surface area (Å²) in [6.07, 6.45) is 3.57. The number of hydrogen-bond acceptors (Lipinski definition) is 6. The first-order valence-corrected chi connectivity index (χ1v) is 10.9. The van der Waals surface area contributed by atoms with Crippen LogP contribution in [0.5, 0.6) is 0 Å². The standard InChI is InChI=1S/C20H27N5OS/c26-20(22-17-13-24-9-4-14(17)5-10-24)19-16-3-2-15(12-18(16)27-23-19)25-8-1-6-21-7-11-25/h2-3,12,14,17,21H,1,4-11,13H2,(H,22,26)/t17-/m0/s1. The van der Waals surface area contributed by atoms with Crippen LogP contribution >= 0.6 is 11.5 Å². The number of nitrogens with zero attached hydrogens (tertiary/aromatic N) is 3. The Morgan fingerprint density at radius 2 is 2.07 bits per heavy atom. The number of rotatable bonds is 3. The van der Waals surface area contributed by atoms with E-state index in [0.717, 1.165) is 49.2 Å². The van der Waals surface area contributed by atoms with Gasteiger partial charge in [-0.2, -0.15) is 4.37 Å². The average molecular weight is 386 g/mol. The maximum Gasteiger partial charge on any atom is 0.271 e. The number of hydrogen-bond donors (Lipinski definition) is 2. The maximum absolute atomic E-state index is 12.9. The van der Waals surface area contributed by atoms with Crippen molar-refractivity contribution in [2.24, 2.45) is 5.92 Å². The Morgan fingerprint density at radius 3 is 2.89 bits per heavy atom. The van der Waals surface area contributed by atoms with E-state index in [1.807, 2.05) is 0 Å². The molecule has 0 radical (unpaired) electrons. The van der Waals surface area contributed by atoms with Gasteiger partial charge in [-0.05, 0) is 74.5 Å². The molecule has 7 heteroatoms. The molecule has 4 aliphatic rings. The second-order valence-corrected chi connectivity index (χ2v) is 8.83. The van der Waals surface area contributed by atoms with Crippen molar-refractivity contribution >= 4 is 33.2 Å². The lowest BCUT2D eigenvalue weighted by molar-refractivity contribution is 0.0619. The molecular weight excluding hydrogens is 358 g/mol. The molecular formula is C20H27N5OS. The van der Waals surface area contributed by atoms with Crippen LogP contribution in [0.2, 0.25) is 0 Å². The Morgan fingerprint density at radius 1 is 1.19 bits per heavy atom. The highest BCUT2D eigenvalue weighted by Gasteiger charge is 2.35. The van der Waals surface area contributed by atoms with E-state index in [0.29, 0.717) is 11.6 Å². The van der Waals surface area contributed by atoms with Crippen LogP contribution in [0.25, 0.3) is 10.1 Å². The van der Waals surface area contributed by atoms with Crippen LogP contribution in [0.4, 0.5) is 5.69 Å². The van der Waals surface area contributed by atoms with E-state index in [1.54, 1.807) is 0 Å². The van der Waals surface area contributed by atoms with E-state index < -0.39 is 0 Å². The molecule has 6 nitrogen and oxygen atoms in total. The van der Waals surface area contributed by atoms with Crippen LogP contribution in [0.15, 0.2) is 18.2 Å². The molecule has 2 bridgehead atoms. The van der Waals surface area contributed by atoms with Crippen molar-refractivity contribution < 1.29 is 4.79 Å². The van der Waals surface area contributed by atoms with Gasteiger partial charge in [-0.15, -0.1) is 0 Å². The lowest BCUT2D eigenvalue weighted by atomic mass is 9.84. The molecule has 1 amide bonds. The molecule has 4 saturated heterocycles. The van der Waals surface area contributed by atoms with Crippen molar-refractivity contribution in [3.05, 3.63) is 23.9 Å². The number of benzene rings is 1. The summed E-state index contributed by atoms with van der Waals surface area (Å²) in [5, 5.41) is 7.70. The summed E-state index contributed by atoms with van der Waals surface area (Å²) >= 11 is 1.44. The van der Waals surface area contributed by atoms with E-state index in [1.165, 1.54) is 43.2 Å². The highest BCUT2D eigenvalue weighted by Crippen LogP contribution is 2.30. The predicted molar refractivity (Wildman–Crippen MR) is 110 cm³/mol. The van der Waals surface area contributed by atoms with Crippen LogP contribution < -0.4 is 15.5 Å². The van der Waals surface area contributed by atoms with Gasteiger partial charge in [0.15, 0.2) is 0 Å². The molecule has 4 aliphatic heterocycles. The van der Waals surface area contributed by atoms with Gasteiger partial charge in [0.05, 0.1) is 4.70 Å². The van der Waals surface area contributed by atoms with E-state index in [4.69, 9.17) is 0 Å². The third-order valence-corrected chi connectivity index (χ3v) is 7.16. The van der Waals surface area contributed by atoms with E-state index in [2.05, 4.69) is 43.0 Å². The van der Waals surface area contributed by atoms with Crippen molar-refractivity contribution in [3.63, 3.8) is 0 Å². The second kappa shape index (κ2) is 7.37. The number of carbonyl (C=O) groups is 1. The number of piperidine rings is 3. The number of nitrogens with one attached hydrogen (secondary N) is 2. The topological polar surface area (TPSA) is 60.5 Å². The van der Waals surface area contributed by atoms with Crippen LogP contribution in [-0.4, -0.2) is 67.0 Å². The molecule has 0 aliphatic carbocycles. The summed E-state index contributed by atoms with van der Waals surface area (Å²) in [5.74, 6) is 0.624. The maximum atomic E-state index is 12.9. The molecule has 4 fully saturated rings. The fraction of sp³-hybridized carbons (Fsp3) is 0.600. The van der Waals surface area contributed by atoms with E-state index in [-0.39, 0.29) is 11.9 Å². The largest absolute Gasteiger partial charge is 0.370 e. The van der Waals surface area contributed by atoms with Gasteiger partial charge in [-0.1, -0.05) is 0 Å². The lowest BCUT2D eigenvalue weighted by Crippen LogP contribution is -2.57. The molecule has 27 heavy (non-hydrogen) atoms. The minimum absolute atomic E-state index is 0.00766. The van der Waals surface area contributed by atoms with Gasteiger partial charge < -0.3 is 20.4 Å². The third-order valence-electron chi connectivity index (χ3n) is 6.35. The SMILES string of the molecule is O=C(N[C@H]1CN2CCC1CC2)c1nsc2cc(N3CCCNCC3)ccc12. The highest BCUT2D eigenvalue weighted by molar-refractivity contribution is 7.13. The summed E-state index contributed by atoms with van der Waals surface area (Å²) < 4.78 is 5.61. The van der Waals surface area contributed by atoms with Gasteiger partial charge >= 0.3 is 0 Å². The Hall–Kier alpha value is -1.70. The number of carbonyl (C=O) groups excluding carboxylic acids is 1. The second-order valence-electron chi connectivity index (χ2n) is 8.02. The minimum Gasteiger partial charge on any atom is -0.370 e. The highest BCUT2D eigenvalue weighted by atomic mass is 32.1. The minimum atomic E-state index is -0.00766. The quantitative estimate of drug-likeness (QED) is 0.845. The van der Waals surface area contributed by atoms with Crippen LogP contribution in [0, 0.1) is 5.92 Å². The Labute approximate surface area is 164 Å². The number of fused-ring (bicyclic) bond motifs is 4. The van der Waals surface area contributed by atoms with E-state index >= 15 is 0 Å². The Kier molecular flexibility index (Phi) is 4.75. The van der Waals surface area contributed by atoms with Crippen LogP contribution in [0.3, 0.4) is 0 Å². The molecule has 6 rings (SSSR count). The molecule has 5 heterocycles. The van der Waals surface area contributed by atoms with Crippen molar-refractivity contribution in [1.82, 2.24) is 19.9 Å². The van der Waals surface area contributed by atoms with Gasteiger partial charge in [-0.25, -0.2) is 0 Å². The van der Waals surface area contributed by atoms with Gasteiger partial charge in [0.2, 0.25) is 0 Å².